The van der Waals surface area contributed by atoms with Gasteiger partial charge in [0.25, 0.3) is 0 Å². The van der Waals surface area contributed by atoms with Gasteiger partial charge in [-0.3, -0.25) is 0 Å². The average Bonchev–Trinajstić information content (AvgIpc) is 2.50. The third-order valence-corrected chi connectivity index (χ3v) is 3.50. The van der Waals surface area contributed by atoms with E-state index < -0.39 is 23.8 Å². The van der Waals surface area contributed by atoms with E-state index in [-0.39, 0.29) is 0 Å². The second-order valence-corrected chi connectivity index (χ2v) is 7.00. The SMILES string of the molecule is CCCCC[C@@H](O)[C@H](/C=C/c1ccccc1)NC(=O)OC(C)(C)C. The van der Waals surface area contributed by atoms with Crippen LogP contribution in [0.3, 0.4) is 0 Å². The quantitative estimate of drug-likeness (QED) is 0.687. The molecular weight excluding hydrogens is 302 g/mol. The van der Waals surface area contributed by atoms with Crippen molar-refractivity contribution >= 4 is 12.2 Å². The standard InChI is InChI=1S/C20H31NO3/c1-5-6-8-13-18(22)17(21-19(23)24-20(2,3)4)15-14-16-11-9-7-10-12-16/h7,9-12,14-15,17-18,22H,5-6,8,13H2,1-4H3,(H,21,23)/b15-14+/t17-,18+/m0/s1. The van der Waals surface area contributed by atoms with Crippen LogP contribution in [0.15, 0.2) is 36.4 Å². The molecule has 0 saturated carbocycles. The molecule has 4 heteroatoms. The molecule has 1 rings (SSSR count). The maximum Gasteiger partial charge on any atom is 0.408 e. The zero-order valence-corrected chi connectivity index (χ0v) is 15.3. The number of carbonyl (C=O) groups excluding carboxylic acids is 1. The maximum absolute atomic E-state index is 12.0. The van der Waals surface area contributed by atoms with Crippen LogP contribution < -0.4 is 5.32 Å². The van der Waals surface area contributed by atoms with Gasteiger partial charge in [-0.05, 0) is 32.8 Å². The Bertz CT molecular complexity index is 505. The van der Waals surface area contributed by atoms with Crippen molar-refractivity contribution in [3.8, 4) is 0 Å². The lowest BCUT2D eigenvalue weighted by Crippen LogP contribution is -2.44. The molecule has 0 aliphatic carbocycles. The van der Waals surface area contributed by atoms with Crippen LogP contribution in [0, 0.1) is 0 Å². The van der Waals surface area contributed by atoms with Crippen LogP contribution >= 0.6 is 0 Å². The number of benzene rings is 1. The lowest BCUT2D eigenvalue weighted by molar-refractivity contribution is 0.0447. The van der Waals surface area contributed by atoms with Crippen LogP contribution in [0.5, 0.6) is 0 Å². The summed E-state index contributed by atoms with van der Waals surface area (Å²) in [6.07, 6.45) is 6.33. The zero-order valence-electron chi connectivity index (χ0n) is 15.3. The summed E-state index contributed by atoms with van der Waals surface area (Å²) in [6, 6.07) is 9.33. The molecule has 0 bridgehead atoms. The molecule has 1 amide bonds. The van der Waals surface area contributed by atoms with Gasteiger partial charge in [0.1, 0.15) is 5.60 Å². The molecule has 134 valence electrons. The molecule has 0 unspecified atom stereocenters. The molecule has 0 heterocycles. The molecule has 4 nitrogen and oxygen atoms in total. The number of ether oxygens (including phenoxy) is 1. The Hall–Kier alpha value is -1.81. The van der Waals surface area contributed by atoms with Gasteiger partial charge in [0.15, 0.2) is 0 Å². The third-order valence-electron chi connectivity index (χ3n) is 3.50. The van der Waals surface area contributed by atoms with E-state index in [0.717, 1.165) is 24.8 Å². The summed E-state index contributed by atoms with van der Waals surface area (Å²) in [5, 5.41) is 13.2. The Morgan fingerprint density at radius 3 is 2.50 bits per heavy atom. The van der Waals surface area contributed by atoms with Crippen LogP contribution in [0.2, 0.25) is 0 Å². The van der Waals surface area contributed by atoms with Gasteiger partial charge in [0, 0.05) is 0 Å². The van der Waals surface area contributed by atoms with Gasteiger partial charge in [-0.1, -0.05) is 68.7 Å². The number of alkyl carbamates (subject to hydrolysis) is 1. The number of nitrogens with one attached hydrogen (secondary N) is 1. The smallest absolute Gasteiger partial charge is 0.408 e. The Kier molecular flexibility index (Phi) is 8.55. The highest BCUT2D eigenvalue weighted by Crippen LogP contribution is 2.12. The third kappa shape index (κ3) is 8.73. The number of rotatable bonds is 8. The van der Waals surface area contributed by atoms with E-state index in [2.05, 4.69) is 12.2 Å². The fourth-order valence-corrected chi connectivity index (χ4v) is 2.28. The van der Waals surface area contributed by atoms with Crippen molar-refractivity contribution < 1.29 is 14.6 Å². The van der Waals surface area contributed by atoms with Crippen molar-refractivity contribution in [1.29, 1.82) is 0 Å². The van der Waals surface area contributed by atoms with Crippen molar-refractivity contribution in [3.63, 3.8) is 0 Å². The van der Waals surface area contributed by atoms with E-state index in [4.69, 9.17) is 4.74 Å². The monoisotopic (exact) mass is 333 g/mol. The molecule has 0 radical (unpaired) electrons. The number of aliphatic hydroxyl groups is 1. The molecule has 2 N–H and O–H groups in total. The summed E-state index contributed by atoms with van der Waals surface area (Å²) < 4.78 is 5.30. The minimum atomic E-state index is -0.635. The highest BCUT2D eigenvalue weighted by molar-refractivity contribution is 5.69. The first-order chi connectivity index (χ1) is 11.3. The van der Waals surface area contributed by atoms with Crippen molar-refractivity contribution in [2.75, 3.05) is 0 Å². The molecule has 24 heavy (non-hydrogen) atoms. The Morgan fingerprint density at radius 2 is 1.92 bits per heavy atom. The van der Waals surface area contributed by atoms with E-state index in [9.17, 15) is 9.90 Å². The summed E-state index contributed by atoms with van der Waals surface area (Å²) >= 11 is 0. The van der Waals surface area contributed by atoms with E-state index in [1.54, 1.807) is 0 Å². The Balaban J connectivity index is 2.74. The number of hydrogen-bond donors (Lipinski definition) is 2. The fourth-order valence-electron chi connectivity index (χ4n) is 2.28. The Morgan fingerprint density at radius 1 is 1.25 bits per heavy atom. The number of amides is 1. The lowest BCUT2D eigenvalue weighted by atomic mass is 10.0. The van der Waals surface area contributed by atoms with E-state index in [1.165, 1.54) is 0 Å². The molecule has 0 saturated heterocycles. The van der Waals surface area contributed by atoms with Gasteiger partial charge in [0.05, 0.1) is 12.1 Å². The van der Waals surface area contributed by atoms with Crippen LogP contribution in [0.1, 0.15) is 58.9 Å². The van der Waals surface area contributed by atoms with Gasteiger partial charge in [-0.15, -0.1) is 0 Å². The van der Waals surface area contributed by atoms with Crippen LogP contribution in [0.4, 0.5) is 4.79 Å². The van der Waals surface area contributed by atoms with E-state index >= 15 is 0 Å². The number of carbonyl (C=O) groups is 1. The molecule has 0 aliphatic rings. The molecular formula is C20H31NO3. The molecule has 1 aromatic rings. The van der Waals surface area contributed by atoms with Gasteiger partial charge in [-0.2, -0.15) is 0 Å². The molecule has 2 atom stereocenters. The highest BCUT2D eigenvalue weighted by atomic mass is 16.6. The van der Waals surface area contributed by atoms with Crippen molar-refractivity contribution in [1.82, 2.24) is 5.32 Å². The zero-order chi connectivity index (χ0) is 18.0. The Labute approximate surface area is 145 Å². The topological polar surface area (TPSA) is 58.6 Å². The maximum atomic E-state index is 12.0. The van der Waals surface area contributed by atoms with E-state index in [1.807, 2.05) is 63.3 Å². The molecule has 0 aliphatic heterocycles. The molecule has 0 spiro atoms. The fraction of sp³-hybridized carbons (Fsp3) is 0.550. The summed E-state index contributed by atoms with van der Waals surface area (Å²) in [7, 11) is 0. The number of unbranched alkanes of at least 4 members (excludes halogenated alkanes) is 2. The predicted octanol–water partition coefficient (Wildman–Crippen LogP) is 4.53. The number of hydrogen-bond acceptors (Lipinski definition) is 3. The predicted molar refractivity (Wildman–Crippen MR) is 98.8 cm³/mol. The first-order valence-corrected chi connectivity index (χ1v) is 8.72. The van der Waals surface area contributed by atoms with Crippen LogP contribution in [-0.2, 0) is 4.74 Å². The minimum Gasteiger partial charge on any atom is -0.444 e. The summed E-state index contributed by atoms with van der Waals surface area (Å²) in [5.41, 5.74) is 0.458. The molecule has 0 fully saturated rings. The van der Waals surface area contributed by atoms with E-state index in [0.29, 0.717) is 6.42 Å². The minimum absolute atomic E-state index is 0.475. The summed E-state index contributed by atoms with van der Waals surface area (Å²) in [5.74, 6) is 0. The first-order valence-electron chi connectivity index (χ1n) is 8.72. The van der Waals surface area contributed by atoms with Gasteiger partial charge >= 0.3 is 6.09 Å². The normalized spacial score (nSPS) is 14.4. The second-order valence-electron chi connectivity index (χ2n) is 7.00. The molecule has 1 aromatic carbocycles. The van der Waals surface area contributed by atoms with Crippen molar-refractivity contribution in [3.05, 3.63) is 42.0 Å². The second kappa shape index (κ2) is 10.1. The van der Waals surface area contributed by atoms with Gasteiger partial charge in [0.2, 0.25) is 0 Å². The van der Waals surface area contributed by atoms with Crippen LogP contribution in [-0.4, -0.2) is 28.9 Å². The average molecular weight is 333 g/mol. The summed E-state index contributed by atoms with van der Waals surface area (Å²) in [6.45, 7) is 7.58. The first kappa shape index (κ1) is 20.2. The largest absolute Gasteiger partial charge is 0.444 e. The van der Waals surface area contributed by atoms with Gasteiger partial charge in [-0.25, -0.2) is 4.79 Å². The lowest BCUT2D eigenvalue weighted by Gasteiger charge is -2.25. The number of aliphatic hydroxyl groups excluding tert-OH is 1. The van der Waals surface area contributed by atoms with Crippen molar-refractivity contribution in [2.45, 2.75) is 71.1 Å². The highest BCUT2D eigenvalue weighted by Gasteiger charge is 2.22. The van der Waals surface area contributed by atoms with Gasteiger partial charge < -0.3 is 15.2 Å². The summed E-state index contributed by atoms with van der Waals surface area (Å²) in [4.78, 5) is 12.0. The van der Waals surface area contributed by atoms with Crippen molar-refractivity contribution in [2.24, 2.45) is 0 Å². The molecule has 0 aromatic heterocycles. The van der Waals surface area contributed by atoms with Crippen LogP contribution in [0.25, 0.3) is 6.08 Å².